The van der Waals surface area contributed by atoms with Gasteiger partial charge in [-0.1, -0.05) is 12.2 Å². The van der Waals surface area contributed by atoms with Gasteiger partial charge in [0.25, 0.3) is 0 Å². The van der Waals surface area contributed by atoms with Crippen LogP contribution < -0.4 is 0 Å². The van der Waals surface area contributed by atoms with E-state index in [-0.39, 0.29) is 29.6 Å². The number of thiocarbonyl (C=S) groups is 1. The summed E-state index contributed by atoms with van der Waals surface area (Å²) in [5, 5.41) is 1.57. The van der Waals surface area contributed by atoms with Crippen molar-refractivity contribution in [1.82, 2.24) is 0 Å². The fourth-order valence-corrected chi connectivity index (χ4v) is 0. The van der Waals surface area contributed by atoms with Crippen LogP contribution in [-0.4, -0.2) is 40.7 Å². The molecular weight excluding hydrogens is 111 g/mol. The standard InChI is InChI=1S/C2H4S2.Na.H/c3-1-2-4;;/h1,4H,2H2;;. The summed E-state index contributed by atoms with van der Waals surface area (Å²) in [4.78, 5) is 0. The summed E-state index contributed by atoms with van der Waals surface area (Å²) in [7, 11) is 0. The van der Waals surface area contributed by atoms with Crippen molar-refractivity contribution >= 4 is 59.8 Å². The molecule has 0 atom stereocenters. The van der Waals surface area contributed by atoms with Crippen molar-refractivity contribution in [3.05, 3.63) is 0 Å². The first-order valence-electron chi connectivity index (χ1n) is 0.960. The van der Waals surface area contributed by atoms with Crippen molar-refractivity contribution in [1.29, 1.82) is 0 Å². The van der Waals surface area contributed by atoms with Crippen LogP contribution in [-0.2, 0) is 0 Å². The second-order valence-electron chi connectivity index (χ2n) is 0.349. The van der Waals surface area contributed by atoms with Gasteiger partial charge in [-0.05, 0) is 5.37 Å². The third kappa shape index (κ3) is 10.8. The zero-order valence-electron chi connectivity index (χ0n) is 2.14. The quantitative estimate of drug-likeness (QED) is 0.291. The fraction of sp³-hybridized carbons (Fsp3) is 0.500. The predicted molar refractivity (Wildman–Crippen MR) is 34.7 cm³/mol. The Morgan fingerprint density at radius 3 is 2.00 bits per heavy atom. The molecular formula is C2H5NaS2. The SMILES string of the molecule is S=CCS.[NaH]. The molecule has 0 spiro atoms. The van der Waals surface area contributed by atoms with E-state index in [0.717, 1.165) is 0 Å². The van der Waals surface area contributed by atoms with Crippen LogP contribution in [0.1, 0.15) is 0 Å². The van der Waals surface area contributed by atoms with Crippen LogP contribution >= 0.6 is 24.8 Å². The van der Waals surface area contributed by atoms with Crippen LogP contribution in [0.15, 0.2) is 0 Å². The molecule has 0 fully saturated rings. The molecule has 0 rings (SSSR count). The van der Waals surface area contributed by atoms with Gasteiger partial charge in [0.2, 0.25) is 0 Å². The van der Waals surface area contributed by atoms with Crippen LogP contribution in [0.3, 0.4) is 0 Å². The monoisotopic (exact) mass is 116 g/mol. The van der Waals surface area contributed by atoms with Gasteiger partial charge in [-0.15, -0.1) is 0 Å². The third-order valence-electron chi connectivity index (χ3n) is 0.0745. The summed E-state index contributed by atoms with van der Waals surface area (Å²) >= 11 is 8.11. The van der Waals surface area contributed by atoms with Gasteiger partial charge in [0.1, 0.15) is 0 Å². The molecule has 0 aliphatic carbocycles. The molecule has 0 N–H and O–H groups in total. The van der Waals surface area contributed by atoms with Crippen LogP contribution in [0.5, 0.6) is 0 Å². The summed E-state index contributed by atoms with van der Waals surface area (Å²) in [5.41, 5.74) is 0. The van der Waals surface area contributed by atoms with Crippen molar-refractivity contribution in [2.24, 2.45) is 0 Å². The Labute approximate surface area is 65.0 Å². The van der Waals surface area contributed by atoms with E-state index in [0.29, 0.717) is 5.75 Å². The number of rotatable bonds is 1. The second-order valence-corrected chi connectivity index (χ2v) is 1.05. The summed E-state index contributed by atoms with van der Waals surface area (Å²) in [5.74, 6) is 0.704. The zero-order chi connectivity index (χ0) is 3.41. The summed E-state index contributed by atoms with van der Waals surface area (Å²) in [6.45, 7) is 0. The van der Waals surface area contributed by atoms with E-state index in [9.17, 15) is 0 Å². The average molecular weight is 116 g/mol. The van der Waals surface area contributed by atoms with E-state index in [1.165, 1.54) is 0 Å². The maximum atomic E-state index is 4.35. The molecule has 0 nitrogen and oxygen atoms in total. The van der Waals surface area contributed by atoms with E-state index in [1.807, 2.05) is 0 Å². The first-order chi connectivity index (χ1) is 1.91. The Kier molecular flexibility index (Phi) is 17.5. The second kappa shape index (κ2) is 9.06. The predicted octanol–water partition coefficient (Wildman–Crippen LogP) is 0.267. The third-order valence-corrected chi connectivity index (χ3v) is 0.671. The molecule has 0 aromatic carbocycles. The van der Waals surface area contributed by atoms with Crippen molar-refractivity contribution in [2.75, 3.05) is 5.75 Å². The maximum absolute atomic E-state index is 4.35. The Morgan fingerprint density at radius 2 is 2.00 bits per heavy atom. The molecule has 0 saturated carbocycles. The van der Waals surface area contributed by atoms with Crippen LogP contribution in [0.4, 0.5) is 0 Å². The van der Waals surface area contributed by atoms with Crippen molar-refractivity contribution in [2.45, 2.75) is 0 Å². The molecule has 0 aliphatic rings. The molecule has 0 saturated heterocycles. The molecule has 0 heterocycles. The van der Waals surface area contributed by atoms with E-state index >= 15 is 0 Å². The van der Waals surface area contributed by atoms with Crippen molar-refractivity contribution < 1.29 is 0 Å². The molecule has 0 aliphatic heterocycles. The molecule has 5 heavy (non-hydrogen) atoms. The number of hydrogen-bond donors (Lipinski definition) is 1. The van der Waals surface area contributed by atoms with Gasteiger partial charge in [0.05, 0.1) is 0 Å². The molecule has 0 amide bonds. The molecule has 0 aromatic heterocycles. The fourth-order valence-electron chi connectivity index (χ4n) is 0. The van der Waals surface area contributed by atoms with Gasteiger partial charge < -0.3 is 0 Å². The van der Waals surface area contributed by atoms with Gasteiger partial charge >= 0.3 is 29.6 Å². The summed E-state index contributed by atoms with van der Waals surface area (Å²) < 4.78 is 0. The molecule has 0 radical (unpaired) electrons. The van der Waals surface area contributed by atoms with E-state index < -0.39 is 0 Å². The van der Waals surface area contributed by atoms with Gasteiger partial charge in [-0.3, -0.25) is 0 Å². The van der Waals surface area contributed by atoms with Gasteiger partial charge in [0.15, 0.2) is 0 Å². The van der Waals surface area contributed by atoms with Crippen LogP contribution in [0.25, 0.3) is 0 Å². The molecule has 0 aromatic rings. The molecule has 0 bridgehead atoms. The van der Waals surface area contributed by atoms with Crippen molar-refractivity contribution in [3.8, 4) is 0 Å². The normalized spacial score (nSPS) is 5.00. The molecule has 26 valence electrons. The summed E-state index contributed by atoms with van der Waals surface area (Å²) in [6, 6.07) is 0. The average Bonchev–Trinajstić information content (AvgIpc) is 1.37. The van der Waals surface area contributed by atoms with E-state index in [1.54, 1.807) is 5.37 Å². The van der Waals surface area contributed by atoms with E-state index in [2.05, 4.69) is 24.8 Å². The zero-order valence-corrected chi connectivity index (χ0v) is 3.85. The van der Waals surface area contributed by atoms with Gasteiger partial charge in [-0.25, -0.2) is 0 Å². The van der Waals surface area contributed by atoms with Crippen LogP contribution in [0.2, 0.25) is 0 Å². The van der Waals surface area contributed by atoms with Crippen molar-refractivity contribution in [3.63, 3.8) is 0 Å². The Bertz CT molecular complexity index is 21.6. The molecule has 0 unspecified atom stereocenters. The van der Waals surface area contributed by atoms with Gasteiger partial charge in [0, 0.05) is 5.75 Å². The Morgan fingerprint density at radius 1 is 1.80 bits per heavy atom. The Hall–Kier alpha value is 1.44. The minimum atomic E-state index is 0. The summed E-state index contributed by atoms with van der Waals surface area (Å²) in [6.07, 6.45) is 0. The Balaban J connectivity index is 0. The van der Waals surface area contributed by atoms with Gasteiger partial charge in [-0.2, -0.15) is 12.6 Å². The molecule has 3 heteroatoms. The number of hydrogen-bond acceptors (Lipinski definition) is 2. The topological polar surface area (TPSA) is 0 Å². The first-order valence-corrected chi connectivity index (χ1v) is 2.06. The van der Waals surface area contributed by atoms with E-state index in [4.69, 9.17) is 0 Å². The van der Waals surface area contributed by atoms with Crippen LogP contribution in [0, 0.1) is 0 Å². The first kappa shape index (κ1) is 9.67. The number of thiol groups is 1. The minimum absolute atomic E-state index is 0.